The van der Waals surface area contributed by atoms with E-state index in [4.69, 9.17) is 5.73 Å². The summed E-state index contributed by atoms with van der Waals surface area (Å²) in [6.45, 7) is 0. The number of imidazole rings is 1. The van der Waals surface area contributed by atoms with E-state index in [1.807, 2.05) is 36.4 Å². The van der Waals surface area contributed by atoms with Crippen molar-refractivity contribution in [1.82, 2.24) is 9.97 Å². The zero-order valence-corrected chi connectivity index (χ0v) is 14.9. The molecule has 0 aliphatic heterocycles. The predicted octanol–water partition coefficient (Wildman–Crippen LogP) is 3.94. The lowest BCUT2D eigenvalue weighted by atomic mass is 10.1. The average molecular weight is 441 g/mol. The van der Waals surface area contributed by atoms with Gasteiger partial charge < -0.3 is 16.0 Å². The van der Waals surface area contributed by atoms with Crippen LogP contribution < -0.4 is 11.1 Å². The van der Waals surface area contributed by atoms with Gasteiger partial charge in [-0.2, -0.15) is 0 Å². The van der Waals surface area contributed by atoms with Crippen LogP contribution in [0.5, 0.6) is 0 Å². The fourth-order valence-electron chi connectivity index (χ4n) is 2.02. The summed E-state index contributed by atoms with van der Waals surface area (Å²) in [6, 6.07) is 14.9. The molecular formula is C16H14ClIN4O. The Bertz CT molecular complexity index is 800. The van der Waals surface area contributed by atoms with E-state index in [-0.39, 0.29) is 18.3 Å². The summed E-state index contributed by atoms with van der Waals surface area (Å²) in [7, 11) is 0. The summed E-state index contributed by atoms with van der Waals surface area (Å²) in [4.78, 5) is 19.1. The zero-order chi connectivity index (χ0) is 15.5. The van der Waals surface area contributed by atoms with Crippen LogP contribution in [-0.2, 0) is 0 Å². The van der Waals surface area contributed by atoms with Crippen molar-refractivity contribution in [3.8, 4) is 11.3 Å². The first-order chi connectivity index (χ1) is 10.6. The Morgan fingerprint density at radius 1 is 1.09 bits per heavy atom. The molecule has 23 heavy (non-hydrogen) atoms. The van der Waals surface area contributed by atoms with E-state index < -0.39 is 0 Å². The van der Waals surface area contributed by atoms with E-state index in [2.05, 4.69) is 37.9 Å². The minimum Gasteiger partial charge on any atom is -0.369 e. The highest BCUT2D eigenvalue weighted by atomic mass is 127. The number of amides is 1. The number of rotatable bonds is 3. The fourth-order valence-corrected chi connectivity index (χ4v) is 2.38. The standard InChI is InChI=1S/C16H13IN4O.ClH/c17-12-5-1-11(2-6-12)15(22)20-13-7-3-10(4-8-13)14-9-19-16(18)21-14;/h1-9H,(H,20,22)(H3,18,19,21);1H. The maximum atomic E-state index is 12.1. The molecule has 0 atom stereocenters. The van der Waals surface area contributed by atoms with Crippen LogP contribution in [0.3, 0.4) is 0 Å². The van der Waals surface area contributed by atoms with E-state index >= 15 is 0 Å². The van der Waals surface area contributed by atoms with Crippen LogP contribution in [0.25, 0.3) is 11.3 Å². The maximum Gasteiger partial charge on any atom is 0.255 e. The first kappa shape index (κ1) is 17.3. The van der Waals surface area contributed by atoms with Crippen LogP contribution in [0.1, 0.15) is 10.4 Å². The van der Waals surface area contributed by atoms with Crippen LogP contribution >= 0.6 is 35.0 Å². The molecule has 1 aromatic heterocycles. The summed E-state index contributed by atoms with van der Waals surface area (Å²) in [5.41, 5.74) is 8.72. The van der Waals surface area contributed by atoms with Crippen molar-refractivity contribution < 1.29 is 4.79 Å². The number of aromatic nitrogens is 2. The van der Waals surface area contributed by atoms with Gasteiger partial charge in [-0.15, -0.1) is 12.4 Å². The number of hydrogen-bond acceptors (Lipinski definition) is 3. The van der Waals surface area contributed by atoms with Crippen LogP contribution in [0.15, 0.2) is 54.7 Å². The molecule has 0 radical (unpaired) electrons. The first-order valence-electron chi connectivity index (χ1n) is 6.59. The fraction of sp³-hybridized carbons (Fsp3) is 0. The van der Waals surface area contributed by atoms with Crippen molar-refractivity contribution in [2.45, 2.75) is 0 Å². The summed E-state index contributed by atoms with van der Waals surface area (Å²) < 4.78 is 1.09. The molecule has 4 N–H and O–H groups in total. The molecule has 0 bridgehead atoms. The SMILES string of the molecule is Cl.Nc1ncc(-c2ccc(NC(=O)c3ccc(I)cc3)cc2)[nH]1. The number of anilines is 2. The molecule has 3 aromatic rings. The third kappa shape index (κ3) is 4.23. The van der Waals surface area contributed by atoms with Gasteiger partial charge in [-0.3, -0.25) is 4.79 Å². The molecule has 5 nitrogen and oxygen atoms in total. The minimum absolute atomic E-state index is 0. The van der Waals surface area contributed by atoms with Crippen molar-refractivity contribution in [2.75, 3.05) is 11.1 Å². The molecule has 3 rings (SSSR count). The largest absolute Gasteiger partial charge is 0.369 e. The normalized spacial score (nSPS) is 9.96. The highest BCUT2D eigenvalue weighted by Gasteiger charge is 2.06. The van der Waals surface area contributed by atoms with Gasteiger partial charge in [-0.1, -0.05) is 12.1 Å². The first-order valence-corrected chi connectivity index (χ1v) is 7.67. The van der Waals surface area contributed by atoms with Gasteiger partial charge >= 0.3 is 0 Å². The predicted molar refractivity (Wildman–Crippen MR) is 103 cm³/mol. The van der Waals surface area contributed by atoms with E-state index in [0.29, 0.717) is 11.5 Å². The van der Waals surface area contributed by atoms with Gasteiger partial charge in [0.15, 0.2) is 5.95 Å². The number of halogens is 2. The van der Waals surface area contributed by atoms with Gasteiger partial charge in [-0.25, -0.2) is 4.98 Å². The zero-order valence-electron chi connectivity index (χ0n) is 11.9. The minimum atomic E-state index is -0.130. The lowest BCUT2D eigenvalue weighted by Gasteiger charge is -2.06. The van der Waals surface area contributed by atoms with Crippen LogP contribution in [0.2, 0.25) is 0 Å². The van der Waals surface area contributed by atoms with E-state index in [1.165, 1.54) is 0 Å². The van der Waals surface area contributed by atoms with Gasteiger partial charge in [0.2, 0.25) is 0 Å². The lowest BCUT2D eigenvalue weighted by molar-refractivity contribution is 0.102. The topological polar surface area (TPSA) is 83.8 Å². The maximum absolute atomic E-state index is 12.1. The highest BCUT2D eigenvalue weighted by Crippen LogP contribution is 2.20. The van der Waals surface area contributed by atoms with Gasteiger partial charge in [0.25, 0.3) is 5.91 Å². The highest BCUT2D eigenvalue weighted by molar-refractivity contribution is 14.1. The average Bonchev–Trinajstić information content (AvgIpc) is 2.95. The Kier molecular flexibility index (Phi) is 5.62. The van der Waals surface area contributed by atoms with Crippen LogP contribution in [0, 0.1) is 3.57 Å². The molecule has 0 saturated heterocycles. The molecule has 0 aliphatic carbocycles. The molecule has 118 valence electrons. The number of carbonyl (C=O) groups excluding carboxylic acids is 1. The Labute approximate surface area is 153 Å². The van der Waals surface area contributed by atoms with Crippen LogP contribution in [0.4, 0.5) is 11.6 Å². The van der Waals surface area contributed by atoms with Crippen molar-refractivity contribution in [3.63, 3.8) is 0 Å². The molecule has 1 heterocycles. The molecule has 0 aliphatic rings. The smallest absolute Gasteiger partial charge is 0.255 e. The van der Waals surface area contributed by atoms with Crippen molar-refractivity contribution in [2.24, 2.45) is 0 Å². The summed E-state index contributed by atoms with van der Waals surface area (Å²) in [5.74, 6) is 0.251. The molecule has 1 amide bonds. The second-order valence-electron chi connectivity index (χ2n) is 4.72. The number of carbonyl (C=O) groups is 1. The van der Waals surface area contributed by atoms with E-state index in [1.54, 1.807) is 18.3 Å². The van der Waals surface area contributed by atoms with Gasteiger partial charge in [0, 0.05) is 14.8 Å². The number of H-pyrrole nitrogens is 1. The van der Waals surface area contributed by atoms with Crippen molar-refractivity contribution >= 4 is 52.5 Å². The number of hydrogen-bond donors (Lipinski definition) is 3. The van der Waals surface area contributed by atoms with Gasteiger partial charge in [0.05, 0.1) is 11.9 Å². The number of aromatic amines is 1. The number of nitrogens with two attached hydrogens (primary N) is 1. The van der Waals surface area contributed by atoms with Gasteiger partial charge in [0.1, 0.15) is 0 Å². The second-order valence-corrected chi connectivity index (χ2v) is 5.97. The molecule has 7 heteroatoms. The number of benzene rings is 2. The van der Waals surface area contributed by atoms with Crippen molar-refractivity contribution in [1.29, 1.82) is 0 Å². The quantitative estimate of drug-likeness (QED) is 0.540. The molecule has 0 saturated carbocycles. The summed E-state index contributed by atoms with van der Waals surface area (Å²) in [6.07, 6.45) is 1.68. The molecule has 0 spiro atoms. The van der Waals surface area contributed by atoms with Gasteiger partial charge in [-0.05, 0) is 64.6 Å². The lowest BCUT2D eigenvalue weighted by Crippen LogP contribution is -2.11. The third-order valence-electron chi connectivity index (χ3n) is 3.16. The van der Waals surface area contributed by atoms with E-state index in [9.17, 15) is 4.79 Å². The van der Waals surface area contributed by atoms with Crippen LogP contribution in [-0.4, -0.2) is 15.9 Å². The molecule has 2 aromatic carbocycles. The summed E-state index contributed by atoms with van der Waals surface area (Å²) >= 11 is 2.21. The van der Waals surface area contributed by atoms with Crippen molar-refractivity contribution in [3.05, 3.63) is 63.9 Å². The molecule has 0 fully saturated rings. The monoisotopic (exact) mass is 440 g/mol. The summed E-state index contributed by atoms with van der Waals surface area (Å²) in [5, 5.41) is 2.87. The second kappa shape index (κ2) is 7.47. The number of nitrogen functional groups attached to an aromatic ring is 1. The Balaban J connectivity index is 0.00000192. The molecule has 0 unspecified atom stereocenters. The Morgan fingerprint density at radius 2 is 1.74 bits per heavy atom. The molecular weight excluding hydrogens is 427 g/mol. The number of nitrogens with zero attached hydrogens (tertiary/aromatic N) is 1. The number of nitrogens with one attached hydrogen (secondary N) is 2. The Hall–Kier alpha value is -2.06. The third-order valence-corrected chi connectivity index (χ3v) is 3.87. The van der Waals surface area contributed by atoms with E-state index in [0.717, 1.165) is 20.5 Å². The Morgan fingerprint density at radius 3 is 2.30 bits per heavy atom.